The first-order chi connectivity index (χ1) is 16.9. The van der Waals surface area contributed by atoms with Crippen molar-refractivity contribution in [3.8, 4) is 22.5 Å². The summed E-state index contributed by atoms with van der Waals surface area (Å²) in [7, 11) is 1.28. The Morgan fingerprint density at radius 3 is 2.54 bits per heavy atom. The van der Waals surface area contributed by atoms with Gasteiger partial charge in [0.25, 0.3) is 0 Å². The average Bonchev–Trinajstić information content (AvgIpc) is 3.60. The number of hydrogen-bond donors (Lipinski definition) is 1. The van der Waals surface area contributed by atoms with Crippen LogP contribution in [0.4, 0.5) is 9.39 Å². The highest BCUT2D eigenvalue weighted by atomic mass is 32.2. The zero-order valence-electron chi connectivity index (χ0n) is 19.3. The van der Waals surface area contributed by atoms with E-state index in [4.69, 9.17) is 4.74 Å². The molecule has 1 amide bonds. The lowest BCUT2D eigenvalue weighted by atomic mass is 10.0. The molecule has 0 aliphatic carbocycles. The first-order valence-corrected chi connectivity index (χ1v) is 13.6. The number of anilines is 1. The minimum Gasteiger partial charge on any atom is -0.465 e. The first-order valence-electron chi connectivity index (χ1n) is 10.8. The summed E-state index contributed by atoms with van der Waals surface area (Å²) in [6, 6.07) is 7.92. The maximum atomic E-state index is 13.3. The molecule has 182 valence electrons. The SMILES string of the molecule is CCc1cc(-c2nnc(SCC(=O)Nc3scc(-c4ccc(F)cc4)c3C(=O)OC)n2CC)cs1. The second-order valence-electron chi connectivity index (χ2n) is 7.39. The fourth-order valence-corrected chi connectivity index (χ4v) is 6.06. The molecule has 11 heteroatoms. The van der Waals surface area contributed by atoms with Gasteiger partial charge in [-0.3, -0.25) is 4.79 Å². The number of nitrogens with zero attached hydrogens (tertiary/aromatic N) is 3. The van der Waals surface area contributed by atoms with Crippen LogP contribution in [0.1, 0.15) is 29.1 Å². The quantitative estimate of drug-likeness (QED) is 0.212. The van der Waals surface area contributed by atoms with E-state index in [1.807, 2.05) is 11.5 Å². The number of esters is 1. The molecule has 0 aliphatic rings. The van der Waals surface area contributed by atoms with E-state index in [0.717, 1.165) is 17.8 Å². The normalized spacial score (nSPS) is 11.0. The number of aryl methyl sites for hydroxylation is 1. The van der Waals surface area contributed by atoms with Crippen LogP contribution in [0.2, 0.25) is 0 Å². The molecule has 0 saturated carbocycles. The predicted octanol–water partition coefficient (Wildman–Crippen LogP) is 5.97. The Labute approximate surface area is 214 Å². The molecule has 7 nitrogen and oxygen atoms in total. The number of carbonyl (C=O) groups is 2. The highest BCUT2D eigenvalue weighted by molar-refractivity contribution is 7.99. The van der Waals surface area contributed by atoms with Gasteiger partial charge in [0.2, 0.25) is 5.91 Å². The molecule has 0 saturated heterocycles. The standard InChI is InChI=1S/C24H23FN4O3S3/c1-4-17-10-15(11-33-17)21-27-28-24(29(21)5-2)35-13-19(30)26-22-20(23(31)32-3)18(12-34-22)14-6-8-16(25)9-7-14/h6-12H,4-5,13H2,1-3H3,(H,26,30). The summed E-state index contributed by atoms with van der Waals surface area (Å²) in [5.74, 6) is -0.370. The number of methoxy groups -OCH3 is 1. The van der Waals surface area contributed by atoms with Gasteiger partial charge in [0, 0.05) is 33.3 Å². The number of carbonyl (C=O) groups excluding carboxylic acids is 2. The van der Waals surface area contributed by atoms with Gasteiger partial charge < -0.3 is 14.6 Å². The van der Waals surface area contributed by atoms with Crippen molar-refractivity contribution in [2.24, 2.45) is 0 Å². The third-order valence-electron chi connectivity index (χ3n) is 5.21. The fourth-order valence-electron chi connectivity index (χ4n) is 3.47. The predicted molar refractivity (Wildman–Crippen MR) is 139 cm³/mol. The molecule has 0 atom stereocenters. The van der Waals surface area contributed by atoms with Gasteiger partial charge in [0.1, 0.15) is 16.4 Å². The zero-order valence-corrected chi connectivity index (χ0v) is 21.8. The van der Waals surface area contributed by atoms with E-state index in [9.17, 15) is 14.0 Å². The Kier molecular flexibility index (Phi) is 7.99. The minimum atomic E-state index is -0.578. The summed E-state index contributed by atoms with van der Waals surface area (Å²) in [6.07, 6.45) is 0.964. The van der Waals surface area contributed by atoms with Crippen molar-refractivity contribution in [1.82, 2.24) is 14.8 Å². The van der Waals surface area contributed by atoms with Gasteiger partial charge in [-0.15, -0.1) is 32.9 Å². The molecule has 1 N–H and O–H groups in total. The Bertz CT molecular complexity index is 1340. The number of aromatic nitrogens is 3. The molecule has 3 aromatic heterocycles. The lowest BCUT2D eigenvalue weighted by Gasteiger charge is -2.08. The molecule has 0 fully saturated rings. The number of thiophene rings is 2. The highest BCUT2D eigenvalue weighted by Gasteiger charge is 2.23. The van der Waals surface area contributed by atoms with Crippen LogP contribution in [0.3, 0.4) is 0 Å². The van der Waals surface area contributed by atoms with Crippen molar-refractivity contribution < 1.29 is 18.7 Å². The van der Waals surface area contributed by atoms with E-state index in [1.165, 1.54) is 47.2 Å². The number of ether oxygens (including phenoxy) is 1. The molecule has 0 spiro atoms. The zero-order chi connectivity index (χ0) is 24.9. The molecule has 0 bridgehead atoms. The van der Waals surface area contributed by atoms with Crippen LogP contribution in [0.5, 0.6) is 0 Å². The van der Waals surface area contributed by atoms with Crippen LogP contribution in [0, 0.1) is 5.82 Å². The third-order valence-corrected chi connectivity index (χ3v) is 8.16. The largest absolute Gasteiger partial charge is 0.465 e. The Morgan fingerprint density at radius 2 is 1.89 bits per heavy atom. The van der Waals surface area contributed by atoms with E-state index in [1.54, 1.807) is 28.8 Å². The lowest BCUT2D eigenvalue weighted by Crippen LogP contribution is -2.16. The monoisotopic (exact) mass is 530 g/mol. The number of thioether (sulfide) groups is 1. The number of nitrogens with one attached hydrogen (secondary N) is 1. The molecule has 3 heterocycles. The van der Waals surface area contributed by atoms with Crippen LogP contribution in [0.15, 0.2) is 46.2 Å². The fraction of sp³-hybridized carbons (Fsp3) is 0.250. The van der Waals surface area contributed by atoms with Gasteiger partial charge in [0.15, 0.2) is 11.0 Å². The Morgan fingerprint density at radius 1 is 1.11 bits per heavy atom. The van der Waals surface area contributed by atoms with Crippen LogP contribution in [0.25, 0.3) is 22.5 Å². The second-order valence-corrected chi connectivity index (χ2v) is 10.2. The van der Waals surface area contributed by atoms with Crippen molar-refractivity contribution >= 4 is 51.3 Å². The van der Waals surface area contributed by atoms with E-state index >= 15 is 0 Å². The second kappa shape index (κ2) is 11.1. The van der Waals surface area contributed by atoms with Crippen molar-refractivity contribution in [2.45, 2.75) is 32.0 Å². The number of benzene rings is 1. The number of amides is 1. The van der Waals surface area contributed by atoms with E-state index in [-0.39, 0.29) is 23.0 Å². The van der Waals surface area contributed by atoms with Crippen molar-refractivity contribution in [3.63, 3.8) is 0 Å². The third kappa shape index (κ3) is 5.47. The summed E-state index contributed by atoms with van der Waals surface area (Å²) >= 11 is 4.19. The molecule has 4 aromatic rings. The number of hydrogen-bond acceptors (Lipinski definition) is 8. The number of halogens is 1. The molecule has 0 aliphatic heterocycles. The smallest absolute Gasteiger partial charge is 0.341 e. The van der Waals surface area contributed by atoms with Gasteiger partial charge in [-0.1, -0.05) is 30.8 Å². The molecular weight excluding hydrogens is 507 g/mol. The van der Waals surface area contributed by atoms with Crippen molar-refractivity contribution in [2.75, 3.05) is 18.2 Å². The van der Waals surface area contributed by atoms with Gasteiger partial charge in [-0.2, -0.15) is 0 Å². The molecule has 0 radical (unpaired) electrons. The van der Waals surface area contributed by atoms with Gasteiger partial charge in [-0.05, 0) is 37.1 Å². The molecule has 4 rings (SSSR count). The summed E-state index contributed by atoms with van der Waals surface area (Å²) < 4.78 is 20.3. The van der Waals surface area contributed by atoms with E-state index in [0.29, 0.717) is 27.8 Å². The molecule has 35 heavy (non-hydrogen) atoms. The molecule has 1 aromatic carbocycles. The number of rotatable bonds is 9. The summed E-state index contributed by atoms with van der Waals surface area (Å²) in [4.78, 5) is 26.5. The van der Waals surface area contributed by atoms with Crippen LogP contribution < -0.4 is 5.32 Å². The highest BCUT2D eigenvalue weighted by Crippen LogP contribution is 2.36. The maximum Gasteiger partial charge on any atom is 0.341 e. The Hall–Kier alpha value is -3.02. The maximum absolute atomic E-state index is 13.3. The van der Waals surface area contributed by atoms with E-state index in [2.05, 4.69) is 33.9 Å². The topological polar surface area (TPSA) is 86.1 Å². The molecule has 0 unspecified atom stereocenters. The minimum absolute atomic E-state index is 0.0897. The Balaban J connectivity index is 1.49. The lowest BCUT2D eigenvalue weighted by molar-refractivity contribution is -0.113. The van der Waals surface area contributed by atoms with Gasteiger partial charge in [0.05, 0.1) is 12.9 Å². The van der Waals surface area contributed by atoms with E-state index < -0.39 is 5.97 Å². The van der Waals surface area contributed by atoms with Crippen LogP contribution >= 0.6 is 34.4 Å². The summed E-state index contributed by atoms with van der Waals surface area (Å²) in [5, 5.41) is 16.3. The first kappa shape index (κ1) is 25.1. The average molecular weight is 531 g/mol. The van der Waals surface area contributed by atoms with Crippen molar-refractivity contribution in [1.29, 1.82) is 0 Å². The van der Waals surface area contributed by atoms with Gasteiger partial charge >= 0.3 is 5.97 Å². The van der Waals surface area contributed by atoms with Gasteiger partial charge in [-0.25, -0.2) is 9.18 Å². The summed E-state index contributed by atoms with van der Waals surface area (Å²) in [5.41, 5.74) is 2.49. The van der Waals surface area contributed by atoms with Crippen molar-refractivity contribution in [3.05, 3.63) is 57.3 Å². The van der Waals surface area contributed by atoms with Crippen LogP contribution in [-0.4, -0.2) is 39.5 Å². The summed E-state index contributed by atoms with van der Waals surface area (Å²) in [6.45, 7) is 4.79. The molecular formula is C24H23FN4O3S3. The van der Waals surface area contributed by atoms with Crippen LogP contribution in [-0.2, 0) is 22.5 Å².